The number of pyridine rings is 1. The van der Waals surface area contributed by atoms with Gasteiger partial charge in [0.15, 0.2) is 11.6 Å². The molecule has 0 radical (unpaired) electrons. The lowest BCUT2D eigenvalue weighted by Gasteiger charge is -2.10. The number of aromatic nitrogens is 1. The zero-order valence-electron chi connectivity index (χ0n) is 19.7. The number of benzene rings is 3. The summed E-state index contributed by atoms with van der Waals surface area (Å²) in [7, 11) is 1.49. The lowest BCUT2D eigenvalue weighted by molar-refractivity contribution is 0.131. The van der Waals surface area contributed by atoms with Gasteiger partial charge in [0.1, 0.15) is 5.82 Å². The minimum absolute atomic E-state index is 0.158. The summed E-state index contributed by atoms with van der Waals surface area (Å²) in [6.07, 6.45) is 2.35. The highest BCUT2D eigenvalue weighted by Gasteiger charge is 2.15. The Morgan fingerprint density at radius 1 is 0.743 bits per heavy atom. The van der Waals surface area contributed by atoms with Crippen molar-refractivity contribution in [2.24, 2.45) is 0 Å². The fourth-order valence-corrected chi connectivity index (χ4v) is 3.86. The molecule has 1 heterocycles. The molecule has 0 bridgehead atoms. The van der Waals surface area contributed by atoms with E-state index in [4.69, 9.17) is 9.47 Å². The zero-order valence-corrected chi connectivity index (χ0v) is 19.7. The molecule has 4 rings (SSSR count). The van der Waals surface area contributed by atoms with Gasteiger partial charge >= 0.3 is 0 Å². The average molecular weight is 478 g/mol. The molecular weight excluding hydrogens is 451 g/mol. The van der Waals surface area contributed by atoms with Gasteiger partial charge in [-0.3, -0.25) is 0 Å². The molecule has 0 atom stereocenters. The van der Waals surface area contributed by atoms with Crippen molar-refractivity contribution in [1.29, 1.82) is 0 Å². The Balaban J connectivity index is 1.43. The second-order valence-corrected chi connectivity index (χ2v) is 8.13. The number of methoxy groups -OCH3 is 1. The van der Waals surface area contributed by atoms with Crippen LogP contribution in [0.1, 0.15) is 23.6 Å². The maximum Gasteiger partial charge on any atom is 0.212 e. The van der Waals surface area contributed by atoms with Crippen molar-refractivity contribution in [2.75, 3.05) is 13.7 Å². The average Bonchev–Trinajstić information content (AvgIpc) is 2.89. The molecule has 180 valence electrons. The number of hydrogen-bond acceptors (Lipinski definition) is 3. The van der Waals surface area contributed by atoms with E-state index in [9.17, 15) is 13.2 Å². The SMILES string of the molecule is CCOCc1ccc(-c2ccc(CCc3ccc(-c4ccc(OC)nc4)c(F)c3F)cc2)cc1F. The highest BCUT2D eigenvalue weighted by Crippen LogP contribution is 2.28. The van der Waals surface area contributed by atoms with Crippen LogP contribution in [-0.4, -0.2) is 18.7 Å². The van der Waals surface area contributed by atoms with Crippen molar-refractivity contribution in [3.8, 4) is 28.1 Å². The predicted octanol–water partition coefficient (Wildman–Crippen LogP) is 7.16. The molecule has 35 heavy (non-hydrogen) atoms. The largest absolute Gasteiger partial charge is 0.481 e. The van der Waals surface area contributed by atoms with E-state index in [2.05, 4.69) is 4.98 Å². The summed E-state index contributed by atoms with van der Waals surface area (Å²) in [5.74, 6) is -1.63. The summed E-state index contributed by atoms with van der Waals surface area (Å²) >= 11 is 0. The van der Waals surface area contributed by atoms with Crippen molar-refractivity contribution in [2.45, 2.75) is 26.4 Å². The van der Waals surface area contributed by atoms with Crippen LogP contribution in [-0.2, 0) is 24.2 Å². The maximum atomic E-state index is 14.8. The first-order valence-electron chi connectivity index (χ1n) is 11.4. The summed E-state index contributed by atoms with van der Waals surface area (Å²) in [6, 6.07) is 19.2. The normalized spacial score (nSPS) is 11.0. The molecule has 0 aliphatic carbocycles. The molecule has 0 aliphatic rings. The Bertz CT molecular complexity index is 1290. The molecule has 0 spiro atoms. The number of ether oxygens (including phenoxy) is 2. The fourth-order valence-electron chi connectivity index (χ4n) is 3.86. The molecule has 3 aromatic carbocycles. The van der Waals surface area contributed by atoms with Crippen LogP contribution in [0.2, 0.25) is 0 Å². The van der Waals surface area contributed by atoms with Crippen LogP contribution < -0.4 is 4.74 Å². The van der Waals surface area contributed by atoms with Crippen molar-refractivity contribution in [3.05, 3.63) is 107 Å². The molecule has 0 fully saturated rings. The van der Waals surface area contributed by atoms with Crippen molar-refractivity contribution in [3.63, 3.8) is 0 Å². The Labute approximate surface area is 203 Å². The molecule has 0 unspecified atom stereocenters. The van der Waals surface area contributed by atoms with Gasteiger partial charge in [0.2, 0.25) is 5.88 Å². The Morgan fingerprint density at radius 3 is 2.11 bits per heavy atom. The van der Waals surface area contributed by atoms with Crippen LogP contribution in [0.25, 0.3) is 22.3 Å². The van der Waals surface area contributed by atoms with E-state index < -0.39 is 11.6 Å². The molecule has 0 aliphatic heterocycles. The number of aryl methyl sites for hydroxylation is 2. The Kier molecular flexibility index (Phi) is 7.83. The summed E-state index contributed by atoms with van der Waals surface area (Å²) in [5.41, 5.74) is 4.10. The van der Waals surface area contributed by atoms with E-state index >= 15 is 0 Å². The van der Waals surface area contributed by atoms with Crippen LogP contribution in [0.5, 0.6) is 5.88 Å². The summed E-state index contributed by atoms with van der Waals surface area (Å²) in [6.45, 7) is 2.65. The third-order valence-corrected chi connectivity index (χ3v) is 5.90. The monoisotopic (exact) mass is 477 g/mol. The van der Waals surface area contributed by atoms with E-state index in [-0.39, 0.29) is 18.0 Å². The van der Waals surface area contributed by atoms with Crippen LogP contribution in [0.15, 0.2) is 72.9 Å². The molecule has 1 aromatic heterocycles. The Morgan fingerprint density at radius 2 is 1.46 bits per heavy atom. The topological polar surface area (TPSA) is 31.4 Å². The maximum absolute atomic E-state index is 14.8. The third kappa shape index (κ3) is 5.72. The highest BCUT2D eigenvalue weighted by atomic mass is 19.2. The molecule has 0 N–H and O–H groups in total. The molecular formula is C29H26F3NO2. The second kappa shape index (κ2) is 11.2. The number of halogens is 3. The first kappa shape index (κ1) is 24.5. The van der Waals surface area contributed by atoms with Crippen molar-refractivity contribution < 1.29 is 22.6 Å². The van der Waals surface area contributed by atoms with Gasteiger partial charge in [-0.15, -0.1) is 0 Å². The van der Waals surface area contributed by atoms with Crippen molar-refractivity contribution in [1.82, 2.24) is 4.98 Å². The van der Waals surface area contributed by atoms with Gasteiger partial charge in [-0.2, -0.15) is 0 Å². The molecule has 0 saturated carbocycles. The smallest absolute Gasteiger partial charge is 0.212 e. The second-order valence-electron chi connectivity index (χ2n) is 8.13. The van der Waals surface area contributed by atoms with Gasteiger partial charge in [-0.05, 0) is 54.2 Å². The lowest BCUT2D eigenvalue weighted by atomic mass is 9.98. The number of rotatable bonds is 9. The fraction of sp³-hybridized carbons (Fsp3) is 0.207. The van der Waals surface area contributed by atoms with Gasteiger partial charge in [0.25, 0.3) is 0 Å². The standard InChI is InChI=1S/C29H26F3NO2/c1-3-35-18-24-11-10-22(16-26(24)30)20-7-4-19(5-8-20)6-9-21-12-14-25(29(32)28(21)31)23-13-15-27(34-2)33-17-23/h4-5,7-8,10-17H,3,6,9,18H2,1-2H3. The summed E-state index contributed by atoms with van der Waals surface area (Å²) in [4.78, 5) is 4.05. The van der Waals surface area contributed by atoms with Gasteiger partial charge in [0.05, 0.1) is 13.7 Å². The third-order valence-electron chi connectivity index (χ3n) is 5.90. The van der Waals surface area contributed by atoms with E-state index in [0.29, 0.717) is 42.0 Å². The van der Waals surface area contributed by atoms with Crippen LogP contribution in [0, 0.1) is 17.5 Å². The van der Waals surface area contributed by atoms with Crippen LogP contribution in [0.3, 0.4) is 0 Å². The lowest BCUT2D eigenvalue weighted by Crippen LogP contribution is -2.00. The van der Waals surface area contributed by atoms with E-state index in [0.717, 1.165) is 16.7 Å². The molecule has 0 amide bonds. The molecule has 0 saturated heterocycles. The summed E-state index contributed by atoms with van der Waals surface area (Å²) < 4.78 is 54.1. The van der Waals surface area contributed by atoms with E-state index in [1.807, 2.05) is 37.3 Å². The van der Waals surface area contributed by atoms with Gasteiger partial charge in [-0.1, -0.05) is 48.5 Å². The minimum Gasteiger partial charge on any atom is -0.481 e. The molecule has 6 heteroatoms. The van der Waals surface area contributed by atoms with E-state index in [1.54, 1.807) is 30.3 Å². The van der Waals surface area contributed by atoms with Gasteiger partial charge in [0, 0.05) is 35.6 Å². The first-order chi connectivity index (χ1) is 17.0. The summed E-state index contributed by atoms with van der Waals surface area (Å²) in [5, 5.41) is 0. The Hall–Kier alpha value is -3.64. The van der Waals surface area contributed by atoms with Crippen LogP contribution in [0.4, 0.5) is 13.2 Å². The van der Waals surface area contributed by atoms with Crippen LogP contribution >= 0.6 is 0 Å². The molecule has 3 nitrogen and oxygen atoms in total. The minimum atomic E-state index is -0.889. The first-order valence-corrected chi connectivity index (χ1v) is 11.4. The zero-order chi connectivity index (χ0) is 24.8. The van der Waals surface area contributed by atoms with Crippen molar-refractivity contribution >= 4 is 0 Å². The van der Waals surface area contributed by atoms with Gasteiger partial charge in [-0.25, -0.2) is 18.2 Å². The van der Waals surface area contributed by atoms with E-state index in [1.165, 1.54) is 19.4 Å². The number of nitrogens with zero attached hydrogens (tertiary/aromatic N) is 1. The quantitative estimate of drug-likeness (QED) is 0.256. The number of hydrogen-bond donors (Lipinski definition) is 0. The van der Waals surface area contributed by atoms with Gasteiger partial charge < -0.3 is 9.47 Å². The highest BCUT2D eigenvalue weighted by molar-refractivity contribution is 5.65. The molecule has 4 aromatic rings. The predicted molar refractivity (Wildman–Crippen MR) is 131 cm³/mol.